The summed E-state index contributed by atoms with van der Waals surface area (Å²) in [4.78, 5) is 49.7. The molecule has 0 saturated carbocycles. The van der Waals surface area contributed by atoms with Gasteiger partial charge in [-0.1, -0.05) is 0 Å². The summed E-state index contributed by atoms with van der Waals surface area (Å²) in [5.41, 5.74) is 1.20. The molecule has 3 N–H and O–H groups in total. The van der Waals surface area contributed by atoms with Crippen molar-refractivity contribution in [2.75, 3.05) is 6.61 Å². The third-order valence-corrected chi connectivity index (χ3v) is 3.91. The summed E-state index contributed by atoms with van der Waals surface area (Å²) in [5, 5.41) is 4.47. The van der Waals surface area contributed by atoms with Gasteiger partial charge in [-0.05, 0) is 43.3 Å². The van der Waals surface area contributed by atoms with Gasteiger partial charge in [-0.25, -0.2) is 14.4 Å². The number of furan rings is 1. The summed E-state index contributed by atoms with van der Waals surface area (Å²) in [6, 6.07) is 8.73. The molecule has 10 nitrogen and oxygen atoms in total. The number of aromatic amines is 1. The number of urea groups is 1. The van der Waals surface area contributed by atoms with Gasteiger partial charge >= 0.3 is 17.7 Å². The lowest BCUT2D eigenvalue weighted by molar-refractivity contribution is -0.123. The zero-order valence-electron chi connectivity index (χ0n) is 15.4. The fourth-order valence-electron chi connectivity index (χ4n) is 2.52. The number of carbonyl (C=O) groups excluding carboxylic acids is 3. The molecule has 3 rings (SSSR count). The average molecular weight is 398 g/mol. The van der Waals surface area contributed by atoms with Gasteiger partial charge in [0.1, 0.15) is 5.76 Å². The minimum atomic E-state index is -0.776. The Balaban J connectivity index is 1.48. The standard InChI is InChI=1S/C19H18N4O6/c1-12-9-21-19(27)23(12)14-6-4-13(5-7-14)17(25)29-11-16(24)22-18(26)20-10-15-3-2-8-28-15/h2-9H,10-11H2,1H3,(H,21,27)(H2,20,22,24,26). The van der Waals surface area contributed by atoms with Gasteiger partial charge in [-0.2, -0.15) is 0 Å². The molecular weight excluding hydrogens is 380 g/mol. The van der Waals surface area contributed by atoms with E-state index in [0.717, 1.165) is 0 Å². The lowest BCUT2D eigenvalue weighted by Crippen LogP contribution is -2.41. The number of imide groups is 1. The molecule has 3 aromatic rings. The SMILES string of the molecule is Cc1c[nH]c(=O)n1-c1ccc(C(=O)OCC(=O)NC(=O)NCc2ccco2)cc1. The number of ether oxygens (including phenoxy) is 1. The number of hydrogen-bond acceptors (Lipinski definition) is 6. The van der Waals surface area contributed by atoms with Crippen molar-refractivity contribution < 1.29 is 23.5 Å². The van der Waals surface area contributed by atoms with Crippen molar-refractivity contribution in [1.82, 2.24) is 20.2 Å². The van der Waals surface area contributed by atoms with Crippen molar-refractivity contribution in [3.63, 3.8) is 0 Å². The van der Waals surface area contributed by atoms with Gasteiger partial charge in [0.15, 0.2) is 6.61 Å². The Morgan fingerprint density at radius 1 is 1.17 bits per heavy atom. The van der Waals surface area contributed by atoms with Gasteiger partial charge in [-0.3, -0.25) is 14.7 Å². The lowest BCUT2D eigenvalue weighted by Gasteiger charge is -2.08. The highest BCUT2D eigenvalue weighted by atomic mass is 16.5. The molecule has 0 atom stereocenters. The van der Waals surface area contributed by atoms with Crippen LogP contribution >= 0.6 is 0 Å². The molecule has 0 radical (unpaired) electrons. The molecule has 29 heavy (non-hydrogen) atoms. The number of hydrogen-bond donors (Lipinski definition) is 3. The molecule has 150 valence electrons. The Hall–Kier alpha value is -4.08. The van der Waals surface area contributed by atoms with E-state index in [1.54, 1.807) is 37.4 Å². The van der Waals surface area contributed by atoms with E-state index in [9.17, 15) is 19.2 Å². The summed E-state index contributed by atoms with van der Waals surface area (Å²) in [6.45, 7) is 1.26. The third kappa shape index (κ3) is 5.01. The number of nitrogens with one attached hydrogen (secondary N) is 3. The number of esters is 1. The van der Waals surface area contributed by atoms with Crippen LogP contribution in [0.1, 0.15) is 21.8 Å². The predicted octanol–water partition coefficient (Wildman–Crippen LogP) is 1.25. The Morgan fingerprint density at radius 2 is 1.93 bits per heavy atom. The average Bonchev–Trinajstić information content (AvgIpc) is 3.34. The van der Waals surface area contributed by atoms with Crippen LogP contribution in [-0.4, -0.2) is 34.1 Å². The highest BCUT2D eigenvalue weighted by Gasteiger charge is 2.13. The second-order valence-electron chi connectivity index (χ2n) is 6.00. The van der Waals surface area contributed by atoms with Crippen molar-refractivity contribution >= 4 is 17.9 Å². The molecule has 0 fully saturated rings. The summed E-state index contributed by atoms with van der Waals surface area (Å²) in [7, 11) is 0. The van der Waals surface area contributed by atoms with Gasteiger partial charge in [0.2, 0.25) is 0 Å². The zero-order valence-corrected chi connectivity index (χ0v) is 15.4. The van der Waals surface area contributed by atoms with E-state index < -0.39 is 24.5 Å². The second kappa shape index (κ2) is 8.74. The fourth-order valence-corrected chi connectivity index (χ4v) is 2.52. The van der Waals surface area contributed by atoms with Crippen molar-refractivity contribution in [3.05, 3.63) is 76.4 Å². The highest BCUT2D eigenvalue weighted by molar-refractivity contribution is 5.97. The molecule has 0 bridgehead atoms. The summed E-state index contributed by atoms with van der Waals surface area (Å²) >= 11 is 0. The van der Waals surface area contributed by atoms with Crippen LogP contribution in [-0.2, 0) is 16.1 Å². The maximum Gasteiger partial charge on any atom is 0.338 e. The molecule has 2 aromatic heterocycles. The number of carbonyl (C=O) groups is 3. The smallest absolute Gasteiger partial charge is 0.338 e. The minimum absolute atomic E-state index is 0.113. The first-order chi connectivity index (χ1) is 13.9. The molecular formula is C19H18N4O6. The Kier molecular flexibility index (Phi) is 5.93. The maximum atomic E-state index is 12.1. The first kappa shape index (κ1) is 19.7. The third-order valence-electron chi connectivity index (χ3n) is 3.91. The number of imidazole rings is 1. The first-order valence-electron chi connectivity index (χ1n) is 8.58. The van der Waals surface area contributed by atoms with Crippen LogP contribution in [0.3, 0.4) is 0 Å². The number of aryl methyl sites for hydroxylation is 1. The van der Waals surface area contributed by atoms with E-state index in [1.807, 2.05) is 5.32 Å². The number of nitrogens with zero attached hydrogens (tertiary/aromatic N) is 1. The molecule has 0 aliphatic carbocycles. The molecule has 3 amide bonds. The van der Waals surface area contributed by atoms with Gasteiger partial charge < -0.3 is 19.5 Å². The molecule has 0 aliphatic heterocycles. The number of rotatable bonds is 6. The summed E-state index contributed by atoms with van der Waals surface area (Å²) < 4.78 is 11.4. The van der Waals surface area contributed by atoms with Crippen molar-refractivity contribution in [1.29, 1.82) is 0 Å². The topological polar surface area (TPSA) is 135 Å². The van der Waals surface area contributed by atoms with Crippen molar-refractivity contribution in [2.45, 2.75) is 13.5 Å². The minimum Gasteiger partial charge on any atom is -0.467 e. The molecule has 10 heteroatoms. The van der Waals surface area contributed by atoms with Gasteiger partial charge in [0, 0.05) is 11.9 Å². The predicted molar refractivity (Wildman–Crippen MR) is 100 cm³/mol. The maximum absolute atomic E-state index is 12.1. The van der Waals surface area contributed by atoms with Crippen molar-refractivity contribution in [3.8, 4) is 5.69 Å². The van der Waals surface area contributed by atoms with Crippen LogP contribution in [0.2, 0.25) is 0 Å². The van der Waals surface area contributed by atoms with Crippen LogP contribution in [0.5, 0.6) is 0 Å². The molecule has 0 aliphatic rings. The summed E-state index contributed by atoms with van der Waals surface area (Å²) in [5.74, 6) is -0.984. The molecule has 0 unspecified atom stereocenters. The van der Waals surface area contributed by atoms with Gasteiger partial charge in [0.25, 0.3) is 5.91 Å². The Labute approximate surface area is 164 Å². The lowest BCUT2D eigenvalue weighted by atomic mass is 10.2. The van der Waals surface area contributed by atoms with E-state index in [4.69, 9.17) is 9.15 Å². The normalized spacial score (nSPS) is 10.4. The van der Waals surface area contributed by atoms with E-state index in [1.165, 1.54) is 23.0 Å². The van der Waals surface area contributed by atoms with E-state index in [-0.39, 0.29) is 17.8 Å². The zero-order chi connectivity index (χ0) is 20.8. The quantitative estimate of drug-likeness (QED) is 0.535. The highest BCUT2D eigenvalue weighted by Crippen LogP contribution is 2.11. The first-order valence-corrected chi connectivity index (χ1v) is 8.58. The van der Waals surface area contributed by atoms with Gasteiger partial charge in [0.05, 0.1) is 24.1 Å². The molecule has 0 spiro atoms. The van der Waals surface area contributed by atoms with Crippen LogP contribution in [0.4, 0.5) is 4.79 Å². The fraction of sp³-hybridized carbons (Fsp3) is 0.158. The Morgan fingerprint density at radius 3 is 2.55 bits per heavy atom. The summed E-state index contributed by atoms with van der Waals surface area (Å²) in [6.07, 6.45) is 3.04. The van der Waals surface area contributed by atoms with Crippen LogP contribution < -0.4 is 16.3 Å². The van der Waals surface area contributed by atoms with Crippen molar-refractivity contribution in [2.24, 2.45) is 0 Å². The number of benzene rings is 1. The van der Waals surface area contributed by atoms with Crippen LogP contribution in [0, 0.1) is 6.92 Å². The molecule has 0 saturated heterocycles. The largest absolute Gasteiger partial charge is 0.467 e. The van der Waals surface area contributed by atoms with Gasteiger partial charge in [-0.15, -0.1) is 0 Å². The second-order valence-corrected chi connectivity index (χ2v) is 6.00. The van der Waals surface area contributed by atoms with E-state index >= 15 is 0 Å². The number of aromatic nitrogens is 2. The van der Waals surface area contributed by atoms with Crippen LogP contribution in [0.25, 0.3) is 5.69 Å². The molecule has 2 heterocycles. The monoisotopic (exact) mass is 398 g/mol. The van der Waals surface area contributed by atoms with E-state index in [0.29, 0.717) is 17.1 Å². The Bertz CT molecular complexity index is 1060. The molecule has 1 aromatic carbocycles. The van der Waals surface area contributed by atoms with E-state index in [2.05, 4.69) is 10.3 Å². The van der Waals surface area contributed by atoms with Crippen LogP contribution in [0.15, 0.2) is 58.1 Å². The number of amides is 3. The number of H-pyrrole nitrogens is 1.